The Bertz CT molecular complexity index is 900. The van der Waals surface area contributed by atoms with E-state index in [0.717, 1.165) is 10.2 Å². The Morgan fingerprint density at radius 3 is 2.74 bits per heavy atom. The maximum Gasteiger partial charge on any atom is 0.279 e. The predicted molar refractivity (Wildman–Crippen MR) is 93.0 cm³/mol. The van der Waals surface area contributed by atoms with Crippen molar-refractivity contribution < 1.29 is 9.53 Å². The molecule has 0 spiro atoms. The lowest BCUT2D eigenvalue weighted by molar-refractivity contribution is 0.0997. The number of carbonyl (C=O) groups excluding carboxylic acids is 1. The number of fused-ring (bicyclic) bond motifs is 1. The first-order chi connectivity index (χ1) is 11.2. The van der Waals surface area contributed by atoms with Crippen LogP contribution in [0.4, 0.5) is 0 Å². The fourth-order valence-corrected chi connectivity index (χ4v) is 3.71. The van der Waals surface area contributed by atoms with Gasteiger partial charge in [0.15, 0.2) is 4.80 Å². The van der Waals surface area contributed by atoms with Crippen LogP contribution >= 0.6 is 22.9 Å². The second-order valence-corrected chi connectivity index (χ2v) is 6.31. The van der Waals surface area contributed by atoms with Crippen LogP contribution in [-0.4, -0.2) is 24.2 Å². The summed E-state index contributed by atoms with van der Waals surface area (Å²) in [6.07, 6.45) is 0. The Morgan fingerprint density at radius 1 is 1.22 bits per heavy atom. The minimum absolute atomic E-state index is 0.264. The molecule has 118 valence electrons. The molecule has 4 nitrogen and oxygen atoms in total. The second-order valence-electron chi connectivity index (χ2n) is 4.90. The molecule has 1 aromatic heterocycles. The number of hydrogen-bond donors (Lipinski definition) is 0. The van der Waals surface area contributed by atoms with E-state index in [4.69, 9.17) is 16.3 Å². The number of thiazole rings is 1. The SMILES string of the molecule is COCCn1c(=NC(=O)c2ccccc2)sc2cccc(Cl)c21. The van der Waals surface area contributed by atoms with Crippen LogP contribution in [0.15, 0.2) is 53.5 Å². The number of hydrogen-bond acceptors (Lipinski definition) is 3. The normalized spacial score (nSPS) is 12.0. The Kier molecular flexibility index (Phi) is 4.91. The number of halogens is 1. The number of nitrogens with zero attached hydrogens (tertiary/aromatic N) is 2. The largest absolute Gasteiger partial charge is 0.383 e. The minimum atomic E-state index is -0.264. The van der Waals surface area contributed by atoms with Crippen molar-refractivity contribution in [3.8, 4) is 0 Å². The fraction of sp³-hybridized carbons (Fsp3) is 0.176. The fourth-order valence-electron chi connectivity index (χ4n) is 2.29. The van der Waals surface area contributed by atoms with Gasteiger partial charge in [0.2, 0.25) is 0 Å². The summed E-state index contributed by atoms with van der Waals surface area (Å²) in [4.78, 5) is 17.3. The average molecular weight is 347 g/mol. The molecule has 0 fully saturated rings. The lowest BCUT2D eigenvalue weighted by Crippen LogP contribution is -2.19. The van der Waals surface area contributed by atoms with E-state index < -0.39 is 0 Å². The molecule has 0 aliphatic rings. The van der Waals surface area contributed by atoms with Crippen LogP contribution in [-0.2, 0) is 11.3 Å². The topological polar surface area (TPSA) is 43.6 Å². The molecule has 0 bridgehead atoms. The number of methoxy groups -OCH3 is 1. The molecule has 1 heterocycles. The molecule has 0 radical (unpaired) electrons. The average Bonchev–Trinajstić information content (AvgIpc) is 2.92. The zero-order valence-electron chi connectivity index (χ0n) is 12.5. The Balaban J connectivity index is 2.14. The first kappa shape index (κ1) is 15.9. The van der Waals surface area contributed by atoms with Crippen LogP contribution in [0.25, 0.3) is 10.2 Å². The smallest absolute Gasteiger partial charge is 0.279 e. The van der Waals surface area contributed by atoms with Gasteiger partial charge in [-0.2, -0.15) is 4.99 Å². The van der Waals surface area contributed by atoms with E-state index in [-0.39, 0.29) is 5.91 Å². The third-order valence-corrected chi connectivity index (χ3v) is 4.74. The van der Waals surface area contributed by atoms with Gasteiger partial charge in [-0.1, -0.05) is 47.2 Å². The van der Waals surface area contributed by atoms with E-state index in [2.05, 4.69) is 4.99 Å². The van der Waals surface area contributed by atoms with Crippen molar-refractivity contribution in [1.29, 1.82) is 0 Å². The monoisotopic (exact) mass is 346 g/mol. The minimum Gasteiger partial charge on any atom is -0.383 e. The number of para-hydroxylation sites is 1. The standard InChI is InChI=1S/C17H15ClN2O2S/c1-22-11-10-20-15-13(18)8-5-9-14(15)23-17(20)19-16(21)12-6-3-2-4-7-12/h2-9H,10-11H2,1H3. The van der Waals surface area contributed by atoms with Crippen LogP contribution in [0.5, 0.6) is 0 Å². The molecule has 3 rings (SSSR count). The summed E-state index contributed by atoms with van der Waals surface area (Å²) in [5.74, 6) is -0.264. The molecule has 0 saturated carbocycles. The number of rotatable bonds is 4. The summed E-state index contributed by atoms with van der Waals surface area (Å²) in [5.41, 5.74) is 1.45. The molecular formula is C17H15ClN2O2S. The third kappa shape index (κ3) is 3.37. The quantitative estimate of drug-likeness (QED) is 0.722. The van der Waals surface area contributed by atoms with Gasteiger partial charge in [-0.05, 0) is 24.3 Å². The zero-order valence-corrected chi connectivity index (χ0v) is 14.1. The first-order valence-corrected chi connectivity index (χ1v) is 8.31. The van der Waals surface area contributed by atoms with Crippen molar-refractivity contribution in [2.75, 3.05) is 13.7 Å². The molecule has 23 heavy (non-hydrogen) atoms. The molecule has 2 aromatic carbocycles. The van der Waals surface area contributed by atoms with Crippen molar-refractivity contribution in [2.24, 2.45) is 4.99 Å². The number of aromatic nitrogens is 1. The summed E-state index contributed by atoms with van der Waals surface area (Å²) < 4.78 is 8.09. The van der Waals surface area contributed by atoms with E-state index in [1.54, 1.807) is 19.2 Å². The van der Waals surface area contributed by atoms with Crippen LogP contribution in [0, 0.1) is 0 Å². The summed E-state index contributed by atoms with van der Waals surface area (Å²) in [5, 5.41) is 0.642. The molecule has 1 amide bonds. The molecule has 0 unspecified atom stereocenters. The van der Waals surface area contributed by atoms with E-state index in [1.807, 2.05) is 41.0 Å². The first-order valence-electron chi connectivity index (χ1n) is 7.11. The molecule has 0 aliphatic carbocycles. The highest BCUT2D eigenvalue weighted by molar-refractivity contribution is 7.16. The van der Waals surface area contributed by atoms with Crippen molar-refractivity contribution in [1.82, 2.24) is 4.57 Å². The highest BCUT2D eigenvalue weighted by atomic mass is 35.5. The maximum atomic E-state index is 12.4. The molecule has 0 atom stereocenters. The van der Waals surface area contributed by atoms with E-state index in [1.165, 1.54) is 11.3 Å². The van der Waals surface area contributed by atoms with E-state index in [9.17, 15) is 4.79 Å². The molecule has 0 N–H and O–H groups in total. The molecule has 0 aliphatic heterocycles. The van der Waals surface area contributed by atoms with Crippen molar-refractivity contribution in [2.45, 2.75) is 6.54 Å². The van der Waals surface area contributed by atoms with Crippen LogP contribution < -0.4 is 4.80 Å². The van der Waals surface area contributed by atoms with Gasteiger partial charge in [-0.25, -0.2) is 0 Å². The highest BCUT2D eigenvalue weighted by Gasteiger charge is 2.11. The summed E-state index contributed by atoms with van der Waals surface area (Å²) >= 11 is 7.77. The number of carbonyl (C=O) groups is 1. The van der Waals surface area contributed by atoms with Crippen LogP contribution in [0.1, 0.15) is 10.4 Å². The second kappa shape index (κ2) is 7.08. The van der Waals surface area contributed by atoms with Gasteiger partial charge in [0, 0.05) is 19.2 Å². The van der Waals surface area contributed by atoms with Gasteiger partial charge in [-0.15, -0.1) is 0 Å². The predicted octanol–water partition coefficient (Wildman–Crippen LogP) is 3.74. The number of ether oxygens (including phenoxy) is 1. The summed E-state index contributed by atoms with van der Waals surface area (Å²) in [6.45, 7) is 1.10. The Hall–Kier alpha value is -1.95. The Labute approximate surface area is 142 Å². The molecular weight excluding hydrogens is 332 g/mol. The van der Waals surface area contributed by atoms with Crippen molar-refractivity contribution in [3.05, 3.63) is 63.9 Å². The highest BCUT2D eigenvalue weighted by Crippen LogP contribution is 2.25. The van der Waals surface area contributed by atoms with Gasteiger partial charge in [-0.3, -0.25) is 4.79 Å². The lowest BCUT2D eigenvalue weighted by Gasteiger charge is -2.05. The van der Waals surface area contributed by atoms with Crippen LogP contribution in [0.3, 0.4) is 0 Å². The third-order valence-electron chi connectivity index (χ3n) is 3.39. The van der Waals surface area contributed by atoms with E-state index >= 15 is 0 Å². The molecule has 3 aromatic rings. The molecule has 0 saturated heterocycles. The van der Waals surface area contributed by atoms with Crippen molar-refractivity contribution in [3.63, 3.8) is 0 Å². The zero-order chi connectivity index (χ0) is 16.2. The summed E-state index contributed by atoms with van der Waals surface area (Å²) in [6, 6.07) is 14.7. The molecule has 6 heteroatoms. The van der Waals surface area contributed by atoms with Gasteiger partial charge in [0.25, 0.3) is 5.91 Å². The van der Waals surface area contributed by atoms with Gasteiger partial charge >= 0.3 is 0 Å². The van der Waals surface area contributed by atoms with Crippen molar-refractivity contribution >= 4 is 39.1 Å². The maximum absolute atomic E-state index is 12.4. The number of amides is 1. The van der Waals surface area contributed by atoms with Crippen LogP contribution in [0.2, 0.25) is 5.02 Å². The van der Waals surface area contributed by atoms with Gasteiger partial charge < -0.3 is 9.30 Å². The lowest BCUT2D eigenvalue weighted by atomic mass is 10.2. The summed E-state index contributed by atoms with van der Waals surface area (Å²) in [7, 11) is 1.64. The number of benzene rings is 2. The Morgan fingerprint density at radius 2 is 2.00 bits per heavy atom. The van der Waals surface area contributed by atoms with Gasteiger partial charge in [0.1, 0.15) is 0 Å². The van der Waals surface area contributed by atoms with E-state index in [0.29, 0.717) is 28.5 Å². The van der Waals surface area contributed by atoms with Gasteiger partial charge in [0.05, 0.1) is 21.8 Å².